The van der Waals surface area contributed by atoms with Gasteiger partial charge in [0.25, 0.3) is 0 Å². The first-order valence-corrected chi connectivity index (χ1v) is 13.5. The van der Waals surface area contributed by atoms with Gasteiger partial charge in [0, 0.05) is 0 Å². The highest BCUT2D eigenvalue weighted by molar-refractivity contribution is 5.90. The minimum absolute atomic E-state index is 0.0412. The van der Waals surface area contributed by atoms with E-state index in [1.807, 2.05) is 18.2 Å². The lowest BCUT2D eigenvalue weighted by Crippen LogP contribution is -2.31. The van der Waals surface area contributed by atoms with Crippen LogP contribution >= 0.6 is 0 Å². The van der Waals surface area contributed by atoms with E-state index in [9.17, 15) is 4.79 Å². The fourth-order valence-corrected chi connectivity index (χ4v) is 5.69. The average molecular weight is 473 g/mol. The summed E-state index contributed by atoms with van der Waals surface area (Å²) in [6, 6.07) is 5.71. The number of hydrogen-bond donors (Lipinski definition) is 0. The lowest BCUT2D eigenvalue weighted by molar-refractivity contribution is -0.00857. The number of carbonyl (C=O) groups excluding carboxylic acids is 1. The molecule has 0 bridgehead atoms. The van der Waals surface area contributed by atoms with Gasteiger partial charge in [-0.15, -0.1) is 0 Å². The Bertz CT molecular complexity index is 801. The van der Waals surface area contributed by atoms with Gasteiger partial charge in [-0.25, -0.2) is 4.79 Å². The molecule has 2 aliphatic heterocycles. The van der Waals surface area contributed by atoms with Crippen LogP contribution in [-0.4, -0.2) is 56.8 Å². The summed E-state index contributed by atoms with van der Waals surface area (Å²) in [4.78, 5) is 12.9. The van der Waals surface area contributed by atoms with Crippen molar-refractivity contribution in [2.45, 2.75) is 95.5 Å². The summed E-state index contributed by atoms with van der Waals surface area (Å²) in [6.45, 7) is 5.14. The summed E-state index contributed by atoms with van der Waals surface area (Å²) in [7, 11) is 0. The third-order valence-electron chi connectivity index (χ3n) is 7.94. The fraction of sp³-hybridized carbons (Fsp3) is 0.750. The summed E-state index contributed by atoms with van der Waals surface area (Å²) >= 11 is 0. The van der Waals surface area contributed by atoms with Gasteiger partial charge in [-0.3, -0.25) is 0 Å². The molecule has 0 amide bonds. The number of benzene rings is 1. The molecular weight excluding hydrogens is 432 g/mol. The largest absolute Gasteiger partial charge is 0.491 e. The van der Waals surface area contributed by atoms with Crippen LogP contribution in [0.15, 0.2) is 18.2 Å². The Balaban J connectivity index is 1.06. The van der Waals surface area contributed by atoms with Crippen LogP contribution < -0.4 is 4.74 Å². The molecule has 2 atom stereocenters. The normalized spacial score (nSPS) is 32.7. The van der Waals surface area contributed by atoms with Gasteiger partial charge in [-0.05, 0) is 93.4 Å². The molecular formula is C28H40O6. The molecule has 2 saturated carbocycles. The zero-order valence-corrected chi connectivity index (χ0v) is 20.5. The summed E-state index contributed by atoms with van der Waals surface area (Å²) in [6.07, 6.45) is 12.1. The molecule has 34 heavy (non-hydrogen) atoms. The number of rotatable bonds is 11. The Kier molecular flexibility index (Phi) is 8.08. The first-order valence-electron chi connectivity index (χ1n) is 13.5. The maximum atomic E-state index is 12.9. The van der Waals surface area contributed by atoms with Gasteiger partial charge in [-0.1, -0.05) is 13.3 Å². The monoisotopic (exact) mass is 472 g/mol. The lowest BCUT2D eigenvalue weighted by Gasteiger charge is -2.37. The van der Waals surface area contributed by atoms with E-state index in [0.717, 1.165) is 68.7 Å². The van der Waals surface area contributed by atoms with Crippen molar-refractivity contribution in [2.24, 2.45) is 11.8 Å². The summed E-state index contributed by atoms with van der Waals surface area (Å²) < 4.78 is 28.3. The number of epoxide rings is 2. The van der Waals surface area contributed by atoms with Crippen LogP contribution in [0.3, 0.4) is 0 Å². The molecule has 5 rings (SSSR count). The third kappa shape index (κ3) is 6.73. The van der Waals surface area contributed by atoms with E-state index in [0.29, 0.717) is 24.4 Å². The standard InChI is InChI=1S/C28H40O6/c1-2-3-21-14-22(8-13-27(21)33-18-26-17-32-26)28(29)34-24-11-6-20(7-12-24)19-4-9-23(10-5-19)30-15-25-16-31-25/h8,13-14,19-20,23-26H,2-7,9-12,15-18H2,1H3. The van der Waals surface area contributed by atoms with Crippen LogP contribution in [-0.2, 0) is 25.4 Å². The maximum Gasteiger partial charge on any atom is 0.338 e. The van der Waals surface area contributed by atoms with Crippen molar-refractivity contribution >= 4 is 5.97 Å². The second kappa shape index (κ2) is 11.4. The van der Waals surface area contributed by atoms with Gasteiger partial charge < -0.3 is 23.7 Å². The minimum atomic E-state index is -0.199. The smallest absolute Gasteiger partial charge is 0.338 e. The number of hydrogen-bond acceptors (Lipinski definition) is 6. The van der Waals surface area contributed by atoms with Crippen molar-refractivity contribution in [3.05, 3.63) is 29.3 Å². The van der Waals surface area contributed by atoms with Crippen molar-refractivity contribution in [3.8, 4) is 5.75 Å². The molecule has 1 aromatic rings. The van der Waals surface area contributed by atoms with Crippen molar-refractivity contribution in [1.29, 1.82) is 0 Å². The van der Waals surface area contributed by atoms with Gasteiger partial charge in [0.15, 0.2) is 0 Å². The van der Waals surface area contributed by atoms with Gasteiger partial charge in [-0.2, -0.15) is 0 Å². The SMILES string of the molecule is CCCc1cc(C(=O)OC2CCC(C3CCC(OCC4CO4)CC3)CC2)ccc1OCC1CO1. The maximum absolute atomic E-state index is 12.9. The molecule has 0 aromatic heterocycles. The quantitative estimate of drug-likeness (QED) is 0.329. The van der Waals surface area contributed by atoms with Gasteiger partial charge >= 0.3 is 5.97 Å². The molecule has 6 heteroatoms. The summed E-state index contributed by atoms with van der Waals surface area (Å²) in [5.41, 5.74) is 1.71. The van der Waals surface area contributed by atoms with E-state index in [1.165, 1.54) is 38.5 Å². The third-order valence-corrected chi connectivity index (χ3v) is 7.94. The summed E-state index contributed by atoms with van der Waals surface area (Å²) in [5, 5.41) is 0. The number of ether oxygens (including phenoxy) is 5. The Morgan fingerprint density at radius 2 is 1.50 bits per heavy atom. The minimum Gasteiger partial charge on any atom is -0.491 e. The molecule has 2 aliphatic carbocycles. The highest BCUT2D eigenvalue weighted by atomic mass is 16.6. The lowest BCUT2D eigenvalue weighted by atomic mass is 9.72. The fourth-order valence-electron chi connectivity index (χ4n) is 5.69. The van der Waals surface area contributed by atoms with Crippen LogP contribution in [0.5, 0.6) is 5.75 Å². The number of carbonyl (C=O) groups is 1. The second-order valence-electron chi connectivity index (χ2n) is 10.6. The van der Waals surface area contributed by atoms with Crippen LogP contribution in [0.2, 0.25) is 0 Å². The van der Waals surface area contributed by atoms with E-state index in [1.54, 1.807) is 0 Å². The Morgan fingerprint density at radius 1 is 0.882 bits per heavy atom. The van der Waals surface area contributed by atoms with Crippen molar-refractivity contribution in [1.82, 2.24) is 0 Å². The van der Waals surface area contributed by atoms with Crippen molar-refractivity contribution in [3.63, 3.8) is 0 Å². The molecule has 0 spiro atoms. The predicted octanol–water partition coefficient (Wildman–Crippen LogP) is 5.11. The zero-order valence-electron chi connectivity index (χ0n) is 20.5. The molecule has 188 valence electrons. The highest BCUT2D eigenvalue weighted by Crippen LogP contribution is 2.40. The Hall–Kier alpha value is -1.63. The topological polar surface area (TPSA) is 69.8 Å². The molecule has 1 aromatic carbocycles. The number of esters is 1. The summed E-state index contributed by atoms with van der Waals surface area (Å²) in [5.74, 6) is 2.23. The highest BCUT2D eigenvalue weighted by Gasteiger charge is 2.33. The van der Waals surface area contributed by atoms with Crippen LogP contribution in [0, 0.1) is 11.8 Å². The second-order valence-corrected chi connectivity index (χ2v) is 10.6. The van der Waals surface area contributed by atoms with E-state index < -0.39 is 0 Å². The molecule has 4 aliphatic rings. The predicted molar refractivity (Wildman–Crippen MR) is 128 cm³/mol. The zero-order chi connectivity index (χ0) is 23.3. The Labute approximate surface area is 203 Å². The van der Waals surface area contributed by atoms with Crippen LogP contribution in [0.4, 0.5) is 0 Å². The molecule has 2 heterocycles. The van der Waals surface area contributed by atoms with Crippen molar-refractivity contribution in [2.75, 3.05) is 26.4 Å². The van der Waals surface area contributed by atoms with E-state index in [4.69, 9.17) is 23.7 Å². The molecule has 4 fully saturated rings. The molecule has 0 N–H and O–H groups in total. The molecule has 0 radical (unpaired) electrons. The molecule has 2 saturated heterocycles. The van der Waals surface area contributed by atoms with Crippen LogP contribution in [0.25, 0.3) is 0 Å². The van der Waals surface area contributed by atoms with Crippen LogP contribution in [0.1, 0.15) is 80.6 Å². The molecule has 2 unspecified atom stereocenters. The van der Waals surface area contributed by atoms with Gasteiger partial charge in [0.1, 0.15) is 30.7 Å². The first-order chi connectivity index (χ1) is 16.7. The average Bonchev–Trinajstić information content (AvgIpc) is 3.78. The van der Waals surface area contributed by atoms with E-state index in [-0.39, 0.29) is 18.2 Å². The van der Waals surface area contributed by atoms with Gasteiger partial charge in [0.05, 0.1) is 31.5 Å². The van der Waals surface area contributed by atoms with Crippen molar-refractivity contribution < 1.29 is 28.5 Å². The van der Waals surface area contributed by atoms with E-state index in [2.05, 4.69) is 6.92 Å². The Morgan fingerprint density at radius 3 is 2.12 bits per heavy atom. The molecule has 6 nitrogen and oxygen atoms in total. The van der Waals surface area contributed by atoms with E-state index >= 15 is 0 Å². The first kappa shape index (κ1) is 24.1. The van der Waals surface area contributed by atoms with Gasteiger partial charge in [0.2, 0.25) is 0 Å². The number of aryl methyl sites for hydroxylation is 1.